The summed E-state index contributed by atoms with van der Waals surface area (Å²) in [5.74, 6) is 0.589. The highest BCUT2D eigenvalue weighted by molar-refractivity contribution is 5.94. The molecule has 0 saturated carbocycles. The molecule has 26 heavy (non-hydrogen) atoms. The van der Waals surface area contributed by atoms with E-state index in [-0.39, 0.29) is 5.91 Å². The molecule has 1 N–H and O–H groups in total. The molecule has 5 heteroatoms. The first-order valence-corrected chi connectivity index (χ1v) is 9.47. The number of carbonyl (C=O) groups is 1. The second kappa shape index (κ2) is 8.04. The maximum atomic E-state index is 13.0. The Morgan fingerprint density at radius 3 is 2.96 bits per heavy atom. The zero-order valence-corrected chi connectivity index (χ0v) is 15.8. The molecule has 0 unspecified atom stereocenters. The van der Waals surface area contributed by atoms with Crippen LogP contribution in [0.15, 0.2) is 43.0 Å². The third kappa shape index (κ3) is 5.18. The van der Waals surface area contributed by atoms with E-state index < -0.39 is 5.60 Å². The van der Waals surface area contributed by atoms with Gasteiger partial charge in [0, 0.05) is 37.6 Å². The fourth-order valence-electron chi connectivity index (χ4n) is 3.58. The van der Waals surface area contributed by atoms with Crippen molar-refractivity contribution < 1.29 is 9.90 Å². The number of nitrogens with zero attached hydrogens (tertiary/aromatic N) is 3. The highest BCUT2D eigenvalue weighted by atomic mass is 16.3. The normalized spacial score (nSPS) is 18.1. The number of rotatable bonds is 6. The fraction of sp³-hybridized carbons (Fsp3) is 0.524. The number of piperidine rings is 1. The van der Waals surface area contributed by atoms with Crippen LogP contribution in [0.4, 0.5) is 0 Å². The Morgan fingerprint density at radius 1 is 1.38 bits per heavy atom. The molecule has 1 aliphatic rings. The van der Waals surface area contributed by atoms with E-state index in [0.717, 1.165) is 50.0 Å². The Hall–Kier alpha value is -2.14. The topological polar surface area (TPSA) is 58.4 Å². The van der Waals surface area contributed by atoms with Crippen LogP contribution in [0.3, 0.4) is 0 Å². The van der Waals surface area contributed by atoms with Gasteiger partial charge < -0.3 is 14.6 Å². The summed E-state index contributed by atoms with van der Waals surface area (Å²) < 4.78 is 2.09. The van der Waals surface area contributed by atoms with E-state index in [1.165, 1.54) is 0 Å². The van der Waals surface area contributed by atoms with E-state index in [1.54, 1.807) is 6.20 Å². The van der Waals surface area contributed by atoms with Gasteiger partial charge in [0.2, 0.25) is 0 Å². The van der Waals surface area contributed by atoms with E-state index in [0.29, 0.717) is 12.3 Å². The Kier molecular flexibility index (Phi) is 5.77. The zero-order valence-electron chi connectivity index (χ0n) is 15.8. The van der Waals surface area contributed by atoms with E-state index in [9.17, 15) is 9.90 Å². The molecular formula is C21H29N3O2. The zero-order chi connectivity index (χ0) is 18.6. The van der Waals surface area contributed by atoms with Gasteiger partial charge in [0.05, 0.1) is 11.9 Å². The second-order valence-electron chi connectivity index (χ2n) is 8.03. The summed E-state index contributed by atoms with van der Waals surface area (Å²) in [6, 6.07) is 7.85. The lowest BCUT2D eigenvalue weighted by Crippen LogP contribution is -2.41. The van der Waals surface area contributed by atoms with Crippen molar-refractivity contribution in [2.24, 2.45) is 5.92 Å². The molecule has 0 bridgehead atoms. The number of carbonyl (C=O) groups excluding carboxylic acids is 1. The van der Waals surface area contributed by atoms with Crippen molar-refractivity contribution in [3.05, 3.63) is 54.1 Å². The average Bonchev–Trinajstić information content (AvgIpc) is 3.12. The van der Waals surface area contributed by atoms with E-state index >= 15 is 0 Å². The molecule has 1 fully saturated rings. The summed E-state index contributed by atoms with van der Waals surface area (Å²) in [4.78, 5) is 19.0. The van der Waals surface area contributed by atoms with Crippen molar-refractivity contribution in [1.82, 2.24) is 14.5 Å². The van der Waals surface area contributed by atoms with Gasteiger partial charge in [0.15, 0.2) is 0 Å². The summed E-state index contributed by atoms with van der Waals surface area (Å²) in [7, 11) is 0. The van der Waals surface area contributed by atoms with Crippen molar-refractivity contribution in [3.63, 3.8) is 0 Å². The lowest BCUT2D eigenvalue weighted by molar-refractivity contribution is 0.0662. The molecule has 1 aromatic heterocycles. The quantitative estimate of drug-likeness (QED) is 0.866. The predicted molar refractivity (Wildman–Crippen MR) is 102 cm³/mol. The maximum absolute atomic E-state index is 13.0. The van der Waals surface area contributed by atoms with Crippen LogP contribution >= 0.6 is 0 Å². The number of imidazole rings is 1. The molecule has 5 nitrogen and oxygen atoms in total. The van der Waals surface area contributed by atoms with Gasteiger partial charge >= 0.3 is 0 Å². The van der Waals surface area contributed by atoms with Gasteiger partial charge in [-0.15, -0.1) is 0 Å². The van der Waals surface area contributed by atoms with E-state index in [1.807, 2.05) is 55.5 Å². The summed E-state index contributed by atoms with van der Waals surface area (Å²) in [6.07, 6.45) is 9.26. The number of benzene rings is 1. The summed E-state index contributed by atoms with van der Waals surface area (Å²) >= 11 is 0. The first-order chi connectivity index (χ1) is 12.4. The molecular weight excluding hydrogens is 326 g/mol. The van der Waals surface area contributed by atoms with E-state index in [4.69, 9.17) is 0 Å². The number of amides is 1. The van der Waals surface area contributed by atoms with Crippen molar-refractivity contribution >= 4 is 5.91 Å². The molecule has 0 radical (unpaired) electrons. The van der Waals surface area contributed by atoms with E-state index in [2.05, 4.69) is 9.55 Å². The predicted octanol–water partition coefficient (Wildman–Crippen LogP) is 3.14. The number of likely N-dealkylation sites (tertiary alicyclic amines) is 1. The first-order valence-electron chi connectivity index (χ1n) is 9.47. The smallest absolute Gasteiger partial charge is 0.253 e. The maximum Gasteiger partial charge on any atom is 0.253 e. The monoisotopic (exact) mass is 355 g/mol. The first kappa shape index (κ1) is 18.6. The largest absolute Gasteiger partial charge is 0.390 e. The molecule has 0 spiro atoms. The minimum Gasteiger partial charge on any atom is -0.390 e. The molecule has 140 valence electrons. The number of aliphatic hydroxyl groups is 1. The van der Waals surface area contributed by atoms with Crippen LogP contribution in [0.1, 0.15) is 49.0 Å². The molecule has 1 aliphatic heterocycles. The number of aryl methyl sites for hydroxylation is 1. The highest BCUT2D eigenvalue weighted by Crippen LogP contribution is 2.21. The van der Waals surface area contributed by atoms with Gasteiger partial charge in [-0.3, -0.25) is 4.79 Å². The Morgan fingerprint density at radius 2 is 2.23 bits per heavy atom. The van der Waals surface area contributed by atoms with Gasteiger partial charge in [0.25, 0.3) is 5.91 Å². The fourth-order valence-corrected chi connectivity index (χ4v) is 3.58. The SMILES string of the molecule is CC(C)(O)CCc1cccc(C(=O)N2CCC[C@@H](Cn3ccnc3)C2)c1. The molecule has 1 amide bonds. The lowest BCUT2D eigenvalue weighted by atomic mass is 9.96. The third-order valence-corrected chi connectivity index (χ3v) is 5.03. The molecule has 3 rings (SSSR count). The van der Waals surface area contributed by atoms with Crippen LogP contribution in [-0.2, 0) is 13.0 Å². The van der Waals surface area contributed by atoms with Crippen molar-refractivity contribution in [2.45, 2.75) is 51.7 Å². The van der Waals surface area contributed by atoms with Crippen LogP contribution in [-0.4, -0.2) is 44.2 Å². The Labute approximate surface area is 155 Å². The van der Waals surface area contributed by atoms with Crippen molar-refractivity contribution in [3.8, 4) is 0 Å². The minimum absolute atomic E-state index is 0.116. The molecule has 1 saturated heterocycles. The van der Waals surface area contributed by atoms with Gasteiger partial charge in [-0.05, 0) is 63.1 Å². The number of hydrogen-bond acceptors (Lipinski definition) is 3. The standard InChI is InChI=1S/C21H29N3O2/c1-21(2,26)9-8-17-5-3-7-19(13-17)20(25)24-11-4-6-18(15-24)14-23-12-10-22-16-23/h3,5,7,10,12-13,16,18,26H,4,6,8-9,11,14-15H2,1-2H3/t18-/m0/s1. The Bertz CT molecular complexity index is 719. The minimum atomic E-state index is -0.687. The van der Waals surface area contributed by atoms with Crippen LogP contribution in [0, 0.1) is 5.92 Å². The van der Waals surface area contributed by atoms with Crippen molar-refractivity contribution in [2.75, 3.05) is 13.1 Å². The van der Waals surface area contributed by atoms with Gasteiger partial charge in [-0.1, -0.05) is 12.1 Å². The lowest BCUT2D eigenvalue weighted by Gasteiger charge is -2.33. The van der Waals surface area contributed by atoms with Crippen LogP contribution < -0.4 is 0 Å². The van der Waals surface area contributed by atoms with Crippen molar-refractivity contribution in [1.29, 1.82) is 0 Å². The molecule has 2 aromatic rings. The molecule has 0 aliphatic carbocycles. The van der Waals surface area contributed by atoms with Gasteiger partial charge in [-0.2, -0.15) is 0 Å². The van der Waals surface area contributed by atoms with Gasteiger partial charge in [0.1, 0.15) is 0 Å². The third-order valence-electron chi connectivity index (χ3n) is 5.03. The summed E-state index contributed by atoms with van der Waals surface area (Å²) in [5.41, 5.74) is 1.17. The summed E-state index contributed by atoms with van der Waals surface area (Å²) in [5, 5.41) is 9.91. The van der Waals surface area contributed by atoms with Crippen LogP contribution in [0.2, 0.25) is 0 Å². The molecule has 1 atom stereocenters. The highest BCUT2D eigenvalue weighted by Gasteiger charge is 2.25. The summed E-state index contributed by atoms with van der Waals surface area (Å²) in [6.45, 7) is 6.17. The molecule has 1 aromatic carbocycles. The average molecular weight is 355 g/mol. The van der Waals surface area contributed by atoms with Crippen LogP contribution in [0.25, 0.3) is 0 Å². The second-order valence-corrected chi connectivity index (χ2v) is 8.03. The van der Waals surface area contributed by atoms with Crippen LogP contribution in [0.5, 0.6) is 0 Å². The number of hydrogen-bond donors (Lipinski definition) is 1. The van der Waals surface area contributed by atoms with Gasteiger partial charge in [-0.25, -0.2) is 4.98 Å². The Balaban J connectivity index is 1.62. The number of aromatic nitrogens is 2. The molecule has 2 heterocycles.